The summed E-state index contributed by atoms with van der Waals surface area (Å²) in [7, 11) is 1.85. The van der Waals surface area contributed by atoms with Crippen LogP contribution in [0.5, 0.6) is 0 Å². The number of rotatable bonds is 7. The molecule has 0 aliphatic rings. The molecule has 5 nitrogen and oxygen atoms in total. The molecule has 0 aliphatic heterocycles. The van der Waals surface area contributed by atoms with Gasteiger partial charge in [-0.3, -0.25) is 4.68 Å². The second-order valence-electron chi connectivity index (χ2n) is 4.82. The number of nitrogens with one attached hydrogen (secondary N) is 1. The standard InChI is InChI=1S/C15H21N3O2/c1-12(13-6-4-3-5-7-13)20-11-15(19)9-16-14-8-17-18(2)10-14/h3-8,10,12,15-16,19H,9,11H2,1-2H3. The van der Waals surface area contributed by atoms with Gasteiger partial charge < -0.3 is 15.2 Å². The van der Waals surface area contributed by atoms with Gasteiger partial charge in [0.05, 0.1) is 30.7 Å². The summed E-state index contributed by atoms with van der Waals surface area (Å²) in [6, 6.07) is 9.98. The van der Waals surface area contributed by atoms with Crippen LogP contribution in [-0.4, -0.2) is 34.1 Å². The van der Waals surface area contributed by atoms with Crippen molar-refractivity contribution in [3.8, 4) is 0 Å². The van der Waals surface area contributed by atoms with E-state index >= 15 is 0 Å². The van der Waals surface area contributed by atoms with Crippen molar-refractivity contribution >= 4 is 5.69 Å². The monoisotopic (exact) mass is 275 g/mol. The fourth-order valence-electron chi connectivity index (χ4n) is 1.88. The third kappa shape index (κ3) is 4.36. The van der Waals surface area contributed by atoms with E-state index in [4.69, 9.17) is 4.74 Å². The molecular weight excluding hydrogens is 254 g/mol. The summed E-state index contributed by atoms with van der Waals surface area (Å²) in [4.78, 5) is 0. The maximum atomic E-state index is 9.90. The minimum atomic E-state index is -0.554. The van der Waals surface area contributed by atoms with Crippen molar-refractivity contribution < 1.29 is 9.84 Å². The van der Waals surface area contributed by atoms with Crippen molar-refractivity contribution in [2.45, 2.75) is 19.1 Å². The lowest BCUT2D eigenvalue weighted by Gasteiger charge is -2.17. The van der Waals surface area contributed by atoms with Crippen LogP contribution in [-0.2, 0) is 11.8 Å². The minimum Gasteiger partial charge on any atom is -0.389 e. The summed E-state index contributed by atoms with van der Waals surface area (Å²) in [5.41, 5.74) is 2.00. The van der Waals surface area contributed by atoms with E-state index in [9.17, 15) is 5.11 Å². The van der Waals surface area contributed by atoms with Gasteiger partial charge in [0.2, 0.25) is 0 Å². The highest BCUT2D eigenvalue weighted by atomic mass is 16.5. The molecule has 0 bridgehead atoms. The molecule has 2 aromatic rings. The highest BCUT2D eigenvalue weighted by Gasteiger charge is 2.09. The van der Waals surface area contributed by atoms with Crippen molar-refractivity contribution in [3.63, 3.8) is 0 Å². The summed E-state index contributed by atoms with van der Waals surface area (Å²) < 4.78 is 7.38. The first-order chi connectivity index (χ1) is 9.65. The van der Waals surface area contributed by atoms with Crippen LogP contribution in [0.4, 0.5) is 5.69 Å². The summed E-state index contributed by atoms with van der Waals surface area (Å²) >= 11 is 0. The van der Waals surface area contributed by atoms with E-state index < -0.39 is 6.10 Å². The zero-order valence-electron chi connectivity index (χ0n) is 11.9. The zero-order chi connectivity index (χ0) is 14.4. The molecule has 0 aliphatic carbocycles. The van der Waals surface area contributed by atoms with Crippen molar-refractivity contribution in [2.24, 2.45) is 7.05 Å². The molecule has 2 unspecified atom stereocenters. The van der Waals surface area contributed by atoms with Gasteiger partial charge >= 0.3 is 0 Å². The number of hydrogen-bond donors (Lipinski definition) is 2. The van der Waals surface area contributed by atoms with Crippen molar-refractivity contribution in [3.05, 3.63) is 48.3 Å². The van der Waals surface area contributed by atoms with Gasteiger partial charge in [-0.2, -0.15) is 5.10 Å². The zero-order valence-corrected chi connectivity index (χ0v) is 11.9. The first-order valence-corrected chi connectivity index (χ1v) is 6.72. The van der Waals surface area contributed by atoms with Crippen LogP contribution in [0, 0.1) is 0 Å². The highest BCUT2D eigenvalue weighted by Crippen LogP contribution is 2.16. The van der Waals surface area contributed by atoms with Gasteiger partial charge in [-0.15, -0.1) is 0 Å². The average Bonchev–Trinajstić information content (AvgIpc) is 2.89. The summed E-state index contributed by atoms with van der Waals surface area (Å²) in [6.07, 6.45) is 3.01. The molecule has 0 radical (unpaired) electrons. The van der Waals surface area contributed by atoms with Crippen molar-refractivity contribution in [2.75, 3.05) is 18.5 Å². The molecule has 1 aromatic heterocycles. The number of hydrogen-bond acceptors (Lipinski definition) is 4. The van der Waals surface area contributed by atoms with Gasteiger partial charge in [-0.05, 0) is 12.5 Å². The highest BCUT2D eigenvalue weighted by molar-refractivity contribution is 5.37. The van der Waals surface area contributed by atoms with Gasteiger partial charge in [-0.1, -0.05) is 30.3 Å². The van der Waals surface area contributed by atoms with Crippen LogP contribution >= 0.6 is 0 Å². The predicted octanol–water partition coefficient (Wildman–Crippen LogP) is 1.97. The number of aliphatic hydroxyl groups excluding tert-OH is 1. The quantitative estimate of drug-likeness (QED) is 0.811. The molecule has 2 rings (SSSR count). The molecule has 0 fully saturated rings. The number of aryl methyl sites for hydroxylation is 1. The topological polar surface area (TPSA) is 59.3 Å². The minimum absolute atomic E-state index is 0.0239. The number of ether oxygens (including phenoxy) is 1. The van der Waals surface area contributed by atoms with E-state index in [-0.39, 0.29) is 6.10 Å². The molecule has 0 amide bonds. The van der Waals surface area contributed by atoms with Crippen LogP contribution in [0.2, 0.25) is 0 Å². The smallest absolute Gasteiger partial charge is 0.0945 e. The lowest BCUT2D eigenvalue weighted by Crippen LogP contribution is -2.25. The molecular formula is C15H21N3O2. The van der Waals surface area contributed by atoms with Crippen molar-refractivity contribution in [1.29, 1.82) is 0 Å². The van der Waals surface area contributed by atoms with E-state index in [0.717, 1.165) is 11.3 Å². The first-order valence-electron chi connectivity index (χ1n) is 6.72. The summed E-state index contributed by atoms with van der Waals surface area (Å²) in [6.45, 7) is 2.72. The second kappa shape index (κ2) is 7.07. The normalized spacial score (nSPS) is 13.9. The summed E-state index contributed by atoms with van der Waals surface area (Å²) in [5.74, 6) is 0. The molecule has 0 spiro atoms. The Balaban J connectivity index is 1.71. The fraction of sp³-hybridized carbons (Fsp3) is 0.400. The molecule has 1 heterocycles. The predicted molar refractivity (Wildman–Crippen MR) is 78.5 cm³/mol. The number of aliphatic hydroxyl groups is 1. The van der Waals surface area contributed by atoms with Crippen molar-refractivity contribution in [1.82, 2.24) is 9.78 Å². The third-order valence-corrected chi connectivity index (χ3v) is 3.05. The molecule has 0 saturated carbocycles. The largest absolute Gasteiger partial charge is 0.389 e. The molecule has 20 heavy (non-hydrogen) atoms. The number of aromatic nitrogens is 2. The average molecular weight is 275 g/mol. The Bertz CT molecular complexity index is 513. The molecule has 0 saturated heterocycles. The van der Waals surface area contributed by atoms with E-state index in [2.05, 4.69) is 10.4 Å². The van der Waals surface area contributed by atoms with Gasteiger partial charge in [-0.25, -0.2) is 0 Å². The number of anilines is 1. The molecule has 2 atom stereocenters. The molecule has 1 aromatic carbocycles. The Hall–Kier alpha value is -1.85. The lowest BCUT2D eigenvalue weighted by molar-refractivity contribution is 0.00243. The Morgan fingerprint density at radius 3 is 2.75 bits per heavy atom. The maximum Gasteiger partial charge on any atom is 0.0945 e. The lowest BCUT2D eigenvalue weighted by atomic mass is 10.1. The molecule has 5 heteroatoms. The third-order valence-electron chi connectivity index (χ3n) is 3.05. The maximum absolute atomic E-state index is 9.90. The van der Waals surface area contributed by atoms with Crippen LogP contribution < -0.4 is 5.32 Å². The van der Waals surface area contributed by atoms with E-state index in [1.807, 2.05) is 50.5 Å². The van der Waals surface area contributed by atoms with Gasteiger partial charge in [0.1, 0.15) is 0 Å². The van der Waals surface area contributed by atoms with E-state index in [0.29, 0.717) is 13.2 Å². The molecule has 2 N–H and O–H groups in total. The Morgan fingerprint density at radius 1 is 1.35 bits per heavy atom. The van der Waals surface area contributed by atoms with Gasteiger partial charge in [0.15, 0.2) is 0 Å². The SMILES string of the molecule is CC(OCC(O)CNc1cnn(C)c1)c1ccccc1. The van der Waals surface area contributed by atoms with Gasteiger partial charge in [0, 0.05) is 19.8 Å². The van der Waals surface area contributed by atoms with Gasteiger partial charge in [0.25, 0.3) is 0 Å². The molecule has 108 valence electrons. The van der Waals surface area contributed by atoms with Crippen LogP contribution in [0.1, 0.15) is 18.6 Å². The Labute approximate surface area is 119 Å². The van der Waals surface area contributed by atoms with E-state index in [1.165, 1.54) is 0 Å². The Morgan fingerprint density at radius 2 is 2.10 bits per heavy atom. The first kappa shape index (κ1) is 14.6. The second-order valence-corrected chi connectivity index (χ2v) is 4.82. The summed E-state index contributed by atoms with van der Waals surface area (Å²) in [5, 5.41) is 17.1. The van der Waals surface area contributed by atoms with Crippen LogP contribution in [0.25, 0.3) is 0 Å². The number of nitrogens with zero attached hydrogens (tertiary/aromatic N) is 2. The van der Waals surface area contributed by atoms with Crippen LogP contribution in [0.3, 0.4) is 0 Å². The number of benzene rings is 1. The van der Waals surface area contributed by atoms with E-state index in [1.54, 1.807) is 10.9 Å². The Kier molecular flexibility index (Phi) is 5.15. The fourth-order valence-corrected chi connectivity index (χ4v) is 1.88. The van der Waals surface area contributed by atoms with Crippen LogP contribution in [0.15, 0.2) is 42.7 Å².